The van der Waals surface area contributed by atoms with Crippen molar-refractivity contribution in [2.75, 3.05) is 5.32 Å². The Morgan fingerprint density at radius 3 is 2.76 bits per heavy atom. The minimum Gasteiger partial charge on any atom is -0.328 e. The van der Waals surface area contributed by atoms with Gasteiger partial charge in [-0.3, -0.25) is 4.79 Å². The minimum absolute atomic E-state index is 0.0688. The Balaban J connectivity index is 2.48. The number of hydrogen-bond acceptors (Lipinski definition) is 2. The predicted molar refractivity (Wildman–Crippen MR) is 72.0 cm³/mol. The largest absolute Gasteiger partial charge is 0.328 e. The molecule has 94 valence electrons. The molecule has 0 spiro atoms. The summed E-state index contributed by atoms with van der Waals surface area (Å²) in [5, 5.41) is 2.95. The van der Waals surface area contributed by atoms with Crippen LogP contribution in [0.25, 0.3) is 0 Å². The fourth-order valence-electron chi connectivity index (χ4n) is 1.68. The lowest BCUT2D eigenvalue weighted by atomic mass is 10.1. The first kappa shape index (κ1) is 13.7. The fourth-order valence-corrected chi connectivity index (χ4v) is 1.68. The lowest BCUT2D eigenvalue weighted by Gasteiger charge is -2.10. The van der Waals surface area contributed by atoms with E-state index >= 15 is 0 Å². The van der Waals surface area contributed by atoms with Gasteiger partial charge in [0.05, 0.1) is 0 Å². The Bertz CT molecular complexity index is 386. The van der Waals surface area contributed by atoms with Crippen LogP contribution in [0, 0.1) is 13.8 Å². The lowest BCUT2D eigenvalue weighted by Crippen LogP contribution is -2.17. The Labute approximate surface area is 103 Å². The van der Waals surface area contributed by atoms with Gasteiger partial charge in [-0.05, 0) is 50.8 Å². The number of nitrogens with two attached hydrogens (primary N) is 1. The number of hydrogen-bond donors (Lipinski definition) is 2. The molecule has 0 aliphatic heterocycles. The zero-order valence-corrected chi connectivity index (χ0v) is 10.9. The molecule has 1 unspecified atom stereocenters. The van der Waals surface area contributed by atoms with Crippen molar-refractivity contribution in [3.63, 3.8) is 0 Å². The minimum atomic E-state index is 0.0688. The highest BCUT2D eigenvalue weighted by atomic mass is 16.1. The van der Waals surface area contributed by atoms with E-state index in [4.69, 9.17) is 5.73 Å². The van der Waals surface area contributed by atoms with E-state index in [1.165, 1.54) is 5.56 Å². The molecular weight excluding hydrogens is 212 g/mol. The molecule has 0 bridgehead atoms. The smallest absolute Gasteiger partial charge is 0.224 e. The molecule has 0 aliphatic carbocycles. The highest BCUT2D eigenvalue weighted by Crippen LogP contribution is 2.18. The summed E-state index contributed by atoms with van der Waals surface area (Å²) in [6.07, 6.45) is 2.27. The molecule has 0 fully saturated rings. The third kappa shape index (κ3) is 4.57. The standard InChI is InChI=1S/C14H22N2O/c1-10-6-4-8-13(12(10)3)16-14(17)9-5-7-11(2)15/h4,6,8,11H,5,7,9,15H2,1-3H3,(H,16,17). The maximum absolute atomic E-state index is 11.7. The summed E-state index contributed by atoms with van der Waals surface area (Å²) in [7, 11) is 0. The molecule has 0 aromatic heterocycles. The molecule has 3 N–H and O–H groups in total. The van der Waals surface area contributed by atoms with E-state index in [0.717, 1.165) is 24.1 Å². The molecule has 1 atom stereocenters. The molecule has 3 heteroatoms. The van der Waals surface area contributed by atoms with Crippen molar-refractivity contribution < 1.29 is 4.79 Å². The molecule has 1 aromatic carbocycles. The van der Waals surface area contributed by atoms with Crippen molar-refractivity contribution in [1.82, 2.24) is 0 Å². The molecule has 3 nitrogen and oxygen atoms in total. The van der Waals surface area contributed by atoms with Crippen LogP contribution in [-0.2, 0) is 4.79 Å². The van der Waals surface area contributed by atoms with Crippen LogP contribution in [0.5, 0.6) is 0 Å². The van der Waals surface area contributed by atoms with Gasteiger partial charge >= 0.3 is 0 Å². The maximum Gasteiger partial charge on any atom is 0.224 e. The number of carbonyl (C=O) groups excluding carboxylic acids is 1. The number of carbonyl (C=O) groups is 1. The van der Waals surface area contributed by atoms with E-state index in [9.17, 15) is 4.79 Å². The van der Waals surface area contributed by atoms with E-state index in [1.807, 2.05) is 39.0 Å². The summed E-state index contributed by atoms with van der Waals surface area (Å²) in [6, 6.07) is 6.11. The second-order valence-electron chi connectivity index (χ2n) is 4.67. The summed E-state index contributed by atoms with van der Waals surface area (Å²) in [4.78, 5) is 11.7. The molecule has 1 aromatic rings. The second-order valence-corrected chi connectivity index (χ2v) is 4.67. The van der Waals surface area contributed by atoms with Crippen LogP contribution < -0.4 is 11.1 Å². The molecule has 17 heavy (non-hydrogen) atoms. The summed E-state index contributed by atoms with van der Waals surface area (Å²) >= 11 is 0. The van der Waals surface area contributed by atoms with Crippen LogP contribution in [-0.4, -0.2) is 11.9 Å². The van der Waals surface area contributed by atoms with Crippen molar-refractivity contribution in [3.05, 3.63) is 29.3 Å². The second kappa shape index (κ2) is 6.40. The van der Waals surface area contributed by atoms with Gasteiger partial charge in [-0.2, -0.15) is 0 Å². The van der Waals surface area contributed by atoms with Gasteiger partial charge < -0.3 is 11.1 Å². The summed E-state index contributed by atoms with van der Waals surface area (Å²) in [5.74, 6) is 0.0688. The van der Waals surface area contributed by atoms with E-state index in [2.05, 4.69) is 5.32 Å². The molecule has 0 heterocycles. The maximum atomic E-state index is 11.7. The lowest BCUT2D eigenvalue weighted by molar-refractivity contribution is -0.116. The number of aryl methyl sites for hydroxylation is 1. The monoisotopic (exact) mass is 234 g/mol. The third-order valence-corrected chi connectivity index (χ3v) is 2.94. The number of amides is 1. The number of anilines is 1. The van der Waals surface area contributed by atoms with Gasteiger partial charge in [-0.15, -0.1) is 0 Å². The van der Waals surface area contributed by atoms with Crippen molar-refractivity contribution in [3.8, 4) is 0 Å². The Kier molecular flexibility index (Phi) is 5.16. The Morgan fingerprint density at radius 1 is 1.41 bits per heavy atom. The zero-order chi connectivity index (χ0) is 12.8. The molecule has 1 amide bonds. The van der Waals surface area contributed by atoms with E-state index < -0.39 is 0 Å². The summed E-state index contributed by atoms with van der Waals surface area (Å²) < 4.78 is 0. The number of benzene rings is 1. The van der Waals surface area contributed by atoms with Gasteiger partial charge in [0.2, 0.25) is 5.91 Å². The highest BCUT2D eigenvalue weighted by molar-refractivity contribution is 5.91. The predicted octanol–water partition coefficient (Wildman–Crippen LogP) is 2.76. The highest BCUT2D eigenvalue weighted by Gasteiger charge is 2.06. The van der Waals surface area contributed by atoms with E-state index in [1.54, 1.807) is 0 Å². The van der Waals surface area contributed by atoms with Crippen molar-refractivity contribution in [1.29, 1.82) is 0 Å². The first-order valence-electron chi connectivity index (χ1n) is 6.12. The third-order valence-electron chi connectivity index (χ3n) is 2.94. The van der Waals surface area contributed by atoms with Gasteiger partial charge in [0.1, 0.15) is 0 Å². The van der Waals surface area contributed by atoms with Gasteiger partial charge in [-0.25, -0.2) is 0 Å². The van der Waals surface area contributed by atoms with Crippen LogP contribution >= 0.6 is 0 Å². The van der Waals surface area contributed by atoms with Crippen LogP contribution in [0.1, 0.15) is 37.3 Å². The summed E-state index contributed by atoms with van der Waals surface area (Å²) in [6.45, 7) is 6.02. The molecule has 0 aliphatic rings. The quantitative estimate of drug-likeness (QED) is 0.823. The topological polar surface area (TPSA) is 55.1 Å². The van der Waals surface area contributed by atoms with Crippen molar-refractivity contribution >= 4 is 11.6 Å². The molecule has 0 saturated heterocycles. The Hall–Kier alpha value is -1.35. The first-order chi connectivity index (χ1) is 8.00. The molecular formula is C14H22N2O. The van der Waals surface area contributed by atoms with Crippen molar-refractivity contribution in [2.45, 2.75) is 46.1 Å². The first-order valence-corrected chi connectivity index (χ1v) is 6.12. The average molecular weight is 234 g/mol. The van der Waals surface area contributed by atoms with Crippen molar-refractivity contribution in [2.24, 2.45) is 5.73 Å². The van der Waals surface area contributed by atoms with Crippen LogP contribution in [0.15, 0.2) is 18.2 Å². The van der Waals surface area contributed by atoms with Crippen LogP contribution in [0.2, 0.25) is 0 Å². The van der Waals surface area contributed by atoms with Gasteiger partial charge in [0.25, 0.3) is 0 Å². The SMILES string of the molecule is Cc1cccc(NC(=O)CCCC(C)N)c1C. The van der Waals surface area contributed by atoms with Gasteiger partial charge in [0.15, 0.2) is 0 Å². The van der Waals surface area contributed by atoms with Crippen LogP contribution in [0.3, 0.4) is 0 Å². The molecule has 1 rings (SSSR count). The van der Waals surface area contributed by atoms with Crippen LogP contribution in [0.4, 0.5) is 5.69 Å². The fraction of sp³-hybridized carbons (Fsp3) is 0.500. The van der Waals surface area contributed by atoms with Gasteiger partial charge in [-0.1, -0.05) is 12.1 Å². The molecule has 0 saturated carbocycles. The summed E-state index contributed by atoms with van der Waals surface area (Å²) in [5.41, 5.74) is 8.88. The Morgan fingerprint density at radius 2 is 2.12 bits per heavy atom. The van der Waals surface area contributed by atoms with E-state index in [0.29, 0.717) is 6.42 Å². The van der Waals surface area contributed by atoms with Gasteiger partial charge in [0, 0.05) is 18.2 Å². The number of rotatable bonds is 5. The molecule has 0 radical (unpaired) electrons. The van der Waals surface area contributed by atoms with E-state index in [-0.39, 0.29) is 11.9 Å². The zero-order valence-electron chi connectivity index (χ0n) is 10.9. The number of nitrogens with one attached hydrogen (secondary N) is 1. The normalized spacial score (nSPS) is 12.2. The average Bonchev–Trinajstić information content (AvgIpc) is 2.24.